The highest BCUT2D eigenvalue weighted by Crippen LogP contribution is 2.14. The Morgan fingerprint density at radius 1 is 1.23 bits per heavy atom. The van der Waals surface area contributed by atoms with Gasteiger partial charge in [0.25, 0.3) is 5.56 Å². The van der Waals surface area contributed by atoms with E-state index in [1.807, 2.05) is 38.1 Å². The van der Waals surface area contributed by atoms with E-state index >= 15 is 0 Å². The summed E-state index contributed by atoms with van der Waals surface area (Å²) in [6.07, 6.45) is 3.26. The first-order valence-corrected chi connectivity index (χ1v) is 7.17. The predicted octanol–water partition coefficient (Wildman–Crippen LogP) is 1.97. The van der Waals surface area contributed by atoms with Crippen molar-refractivity contribution in [1.82, 2.24) is 19.3 Å². The number of nitrogens with zero attached hydrogens (tertiary/aromatic N) is 4. The zero-order valence-electron chi connectivity index (χ0n) is 12.9. The summed E-state index contributed by atoms with van der Waals surface area (Å²) < 4.78 is 8.79. The smallest absolute Gasteiger partial charge is 0.264 e. The van der Waals surface area contributed by atoms with Gasteiger partial charge in [-0.1, -0.05) is 12.1 Å². The highest BCUT2D eigenvalue weighted by Gasteiger charge is 2.08. The molecular formula is C16H18N4O2. The van der Waals surface area contributed by atoms with Gasteiger partial charge in [-0.25, -0.2) is 4.98 Å². The summed E-state index contributed by atoms with van der Waals surface area (Å²) in [5, 5.41) is 4.60. The Morgan fingerprint density at radius 2 is 1.95 bits per heavy atom. The molecule has 6 heteroatoms. The second kappa shape index (κ2) is 5.63. The highest BCUT2D eigenvalue weighted by molar-refractivity contribution is 5.72. The van der Waals surface area contributed by atoms with Crippen molar-refractivity contribution in [3.63, 3.8) is 0 Å². The number of rotatable bonds is 4. The van der Waals surface area contributed by atoms with Crippen molar-refractivity contribution >= 4 is 11.0 Å². The summed E-state index contributed by atoms with van der Waals surface area (Å²) in [6, 6.07) is 7.74. The maximum Gasteiger partial charge on any atom is 0.264 e. The number of benzene rings is 1. The summed E-state index contributed by atoms with van der Waals surface area (Å²) in [7, 11) is 1.77. The van der Waals surface area contributed by atoms with Crippen molar-refractivity contribution in [2.45, 2.75) is 26.5 Å². The minimum absolute atomic E-state index is 0.0828. The third-order valence-corrected chi connectivity index (χ3v) is 3.37. The third kappa shape index (κ3) is 2.72. The second-order valence-corrected chi connectivity index (χ2v) is 5.49. The van der Waals surface area contributed by atoms with E-state index in [-0.39, 0.29) is 11.7 Å². The van der Waals surface area contributed by atoms with Gasteiger partial charge in [0, 0.05) is 7.05 Å². The van der Waals surface area contributed by atoms with Crippen LogP contribution in [0.25, 0.3) is 11.0 Å². The Balaban J connectivity index is 1.87. The summed E-state index contributed by atoms with van der Waals surface area (Å²) in [5.41, 5.74) is 1.53. The maximum atomic E-state index is 12.4. The van der Waals surface area contributed by atoms with Crippen LogP contribution in [0.4, 0.5) is 0 Å². The maximum absolute atomic E-state index is 12.4. The summed E-state index contributed by atoms with van der Waals surface area (Å²) >= 11 is 0. The van der Waals surface area contributed by atoms with E-state index in [0.29, 0.717) is 17.6 Å². The first-order chi connectivity index (χ1) is 10.5. The number of hydrogen-bond acceptors (Lipinski definition) is 4. The van der Waals surface area contributed by atoms with E-state index in [2.05, 4.69) is 10.1 Å². The average molecular weight is 298 g/mol. The molecule has 3 rings (SSSR count). The van der Waals surface area contributed by atoms with Crippen molar-refractivity contribution in [1.29, 1.82) is 0 Å². The minimum atomic E-state index is -0.0828. The molecule has 2 heterocycles. The molecule has 0 aliphatic heterocycles. The van der Waals surface area contributed by atoms with Gasteiger partial charge in [0.05, 0.1) is 18.8 Å². The van der Waals surface area contributed by atoms with Crippen molar-refractivity contribution in [3.05, 3.63) is 52.7 Å². The number of fused-ring (bicyclic) bond motifs is 1. The lowest BCUT2D eigenvalue weighted by molar-refractivity contribution is 0.242. The van der Waals surface area contributed by atoms with Gasteiger partial charge in [0.2, 0.25) is 0 Å². The molecule has 0 fully saturated rings. The van der Waals surface area contributed by atoms with E-state index in [4.69, 9.17) is 4.74 Å². The van der Waals surface area contributed by atoms with E-state index in [9.17, 15) is 4.79 Å². The molecule has 0 N–H and O–H groups in total. The summed E-state index contributed by atoms with van der Waals surface area (Å²) in [5.74, 6) is 0.826. The first-order valence-electron chi connectivity index (χ1n) is 7.17. The third-order valence-electron chi connectivity index (χ3n) is 3.37. The Bertz CT molecular complexity index is 847. The summed E-state index contributed by atoms with van der Waals surface area (Å²) in [6.45, 7) is 4.45. The molecule has 0 saturated carbocycles. The minimum Gasteiger partial charge on any atom is -0.491 e. The molecule has 114 valence electrons. The molecule has 0 amide bonds. The number of aromatic nitrogens is 4. The molecule has 0 spiro atoms. The van der Waals surface area contributed by atoms with Gasteiger partial charge in [-0.3, -0.25) is 14.0 Å². The van der Waals surface area contributed by atoms with Crippen LogP contribution < -0.4 is 10.3 Å². The van der Waals surface area contributed by atoms with Crippen LogP contribution in [0, 0.1) is 0 Å². The number of aryl methyl sites for hydroxylation is 1. The van der Waals surface area contributed by atoms with Gasteiger partial charge in [-0.2, -0.15) is 5.10 Å². The van der Waals surface area contributed by atoms with Crippen molar-refractivity contribution in [3.8, 4) is 5.75 Å². The molecular weight excluding hydrogens is 280 g/mol. The van der Waals surface area contributed by atoms with Gasteiger partial charge < -0.3 is 4.74 Å². The lowest BCUT2D eigenvalue weighted by Gasteiger charge is -2.10. The Labute approximate surface area is 128 Å². The van der Waals surface area contributed by atoms with Gasteiger partial charge in [0.15, 0.2) is 5.65 Å². The number of hydrogen-bond donors (Lipinski definition) is 0. The van der Waals surface area contributed by atoms with Gasteiger partial charge >= 0.3 is 0 Å². The SMILES string of the molecule is CC(C)Oc1ccc(Cn2cnc3c(cnn3C)c2=O)cc1. The fourth-order valence-corrected chi connectivity index (χ4v) is 2.32. The van der Waals surface area contributed by atoms with Crippen molar-refractivity contribution in [2.75, 3.05) is 0 Å². The largest absolute Gasteiger partial charge is 0.491 e. The first kappa shape index (κ1) is 14.3. The topological polar surface area (TPSA) is 61.9 Å². The highest BCUT2D eigenvalue weighted by atomic mass is 16.5. The van der Waals surface area contributed by atoms with Crippen LogP contribution in [-0.4, -0.2) is 25.4 Å². The average Bonchev–Trinajstić information content (AvgIpc) is 2.86. The van der Waals surface area contributed by atoms with Crippen LogP contribution >= 0.6 is 0 Å². The molecule has 3 aromatic rings. The predicted molar refractivity (Wildman–Crippen MR) is 84.1 cm³/mol. The van der Waals surface area contributed by atoms with Crippen LogP contribution in [-0.2, 0) is 13.6 Å². The van der Waals surface area contributed by atoms with Crippen LogP contribution in [0.2, 0.25) is 0 Å². The van der Waals surface area contributed by atoms with E-state index in [1.54, 1.807) is 28.8 Å². The molecule has 0 saturated heterocycles. The second-order valence-electron chi connectivity index (χ2n) is 5.49. The lowest BCUT2D eigenvalue weighted by atomic mass is 10.2. The quantitative estimate of drug-likeness (QED) is 0.739. The molecule has 2 aromatic heterocycles. The van der Waals surface area contributed by atoms with Crippen LogP contribution in [0.3, 0.4) is 0 Å². The molecule has 0 radical (unpaired) electrons. The monoisotopic (exact) mass is 298 g/mol. The Hall–Kier alpha value is -2.63. The lowest BCUT2D eigenvalue weighted by Crippen LogP contribution is -2.21. The molecule has 1 aromatic carbocycles. The molecule has 0 aliphatic rings. The fourth-order valence-electron chi connectivity index (χ4n) is 2.32. The summed E-state index contributed by atoms with van der Waals surface area (Å²) in [4.78, 5) is 16.7. The van der Waals surface area contributed by atoms with E-state index < -0.39 is 0 Å². The fraction of sp³-hybridized carbons (Fsp3) is 0.312. The van der Waals surface area contributed by atoms with Gasteiger partial charge in [0.1, 0.15) is 17.5 Å². The van der Waals surface area contributed by atoms with Crippen LogP contribution in [0.15, 0.2) is 41.6 Å². The number of ether oxygens (including phenoxy) is 1. The zero-order valence-corrected chi connectivity index (χ0v) is 12.9. The zero-order chi connectivity index (χ0) is 15.7. The van der Waals surface area contributed by atoms with Gasteiger partial charge in [-0.15, -0.1) is 0 Å². The van der Waals surface area contributed by atoms with E-state index in [0.717, 1.165) is 11.3 Å². The van der Waals surface area contributed by atoms with Gasteiger partial charge in [-0.05, 0) is 31.5 Å². The Morgan fingerprint density at radius 3 is 2.64 bits per heavy atom. The van der Waals surface area contributed by atoms with Crippen LogP contribution in [0.5, 0.6) is 5.75 Å². The molecule has 0 bridgehead atoms. The molecule has 0 unspecified atom stereocenters. The molecule has 0 atom stereocenters. The van der Waals surface area contributed by atoms with Crippen LogP contribution in [0.1, 0.15) is 19.4 Å². The molecule has 6 nitrogen and oxygen atoms in total. The van der Waals surface area contributed by atoms with Crippen molar-refractivity contribution < 1.29 is 4.74 Å². The van der Waals surface area contributed by atoms with E-state index in [1.165, 1.54) is 0 Å². The normalized spacial score (nSPS) is 11.3. The molecule has 22 heavy (non-hydrogen) atoms. The van der Waals surface area contributed by atoms with Crippen molar-refractivity contribution in [2.24, 2.45) is 7.05 Å². The Kier molecular flexibility index (Phi) is 3.66. The standard InChI is InChI=1S/C16H18N4O2/c1-11(2)22-13-6-4-12(5-7-13)9-20-10-17-15-14(16(20)21)8-18-19(15)3/h4-8,10-11H,9H2,1-3H3. The molecule has 0 aliphatic carbocycles.